The quantitative estimate of drug-likeness (QED) is 0.887. The largest absolute Gasteiger partial charge is 0.371 e. The van der Waals surface area contributed by atoms with Gasteiger partial charge in [-0.1, -0.05) is 18.2 Å². The van der Waals surface area contributed by atoms with Crippen molar-refractivity contribution in [1.82, 2.24) is 0 Å². The Morgan fingerprint density at radius 1 is 1.08 bits per heavy atom. The lowest BCUT2D eigenvalue weighted by molar-refractivity contribution is 0.601. The third-order valence-corrected chi connectivity index (χ3v) is 6.29. The molecule has 6 heteroatoms. The van der Waals surface area contributed by atoms with Crippen molar-refractivity contribution in [2.75, 3.05) is 22.7 Å². The fourth-order valence-electron chi connectivity index (χ4n) is 3.74. The highest BCUT2D eigenvalue weighted by Crippen LogP contribution is 2.36. The summed E-state index contributed by atoms with van der Waals surface area (Å²) in [6.07, 6.45) is 2.31. The Kier molecular flexibility index (Phi) is 4.92. The monoisotopic (exact) mass is 369 g/mol. The maximum Gasteiger partial charge on any atom is 0.263 e. The van der Waals surface area contributed by atoms with Crippen molar-refractivity contribution in [3.63, 3.8) is 0 Å². The number of nitriles is 1. The van der Waals surface area contributed by atoms with Crippen LogP contribution in [-0.2, 0) is 10.0 Å². The van der Waals surface area contributed by atoms with Crippen LogP contribution in [0.2, 0.25) is 0 Å². The normalized spacial score (nSPS) is 14.3. The van der Waals surface area contributed by atoms with Gasteiger partial charge in [0.05, 0.1) is 11.3 Å². The Morgan fingerprint density at radius 3 is 2.38 bits per heavy atom. The van der Waals surface area contributed by atoms with E-state index in [-0.39, 0.29) is 10.5 Å². The van der Waals surface area contributed by atoms with Crippen LogP contribution in [0.15, 0.2) is 35.2 Å². The molecule has 0 radical (unpaired) electrons. The molecule has 1 fully saturated rings. The third kappa shape index (κ3) is 3.27. The standard InChI is InChI=1S/C20H23N3O2S/c1-14-12-15(2)20(23-10-6-7-11-23)16(3)19(14)22-26(24,25)18-9-5-4-8-17(18)13-21/h4-5,8-9,12,22H,6-7,10-11H2,1-3H3. The van der Waals surface area contributed by atoms with Crippen LogP contribution in [0.4, 0.5) is 11.4 Å². The van der Waals surface area contributed by atoms with Gasteiger partial charge in [-0.25, -0.2) is 8.42 Å². The molecule has 1 saturated heterocycles. The average Bonchev–Trinajstić information content (AvgIpc) is 3.12. The van der Waals surface area contributed by atoms with Gasteiger partial charge in [-0.2, -0.15) is 5.26 Å². The number of rotatable bonds is 4. The molecule has 2 aromatic rings. The highest BCUT2D eigenvalue weighted by molar-refractivity contribution is 7.92. The SMILES string of the molecule is Cc1cc(C)c(N2CCCC2)c(C)c1NS(=O)(=O)c1ccccc1C#N. The van der Waals surface area contributed by atoms with E-state index < -0.39 is 10.0 Å². The van der Waals surface area contributed by atoms with Gasteiger partial charge in [0.1, 0.15) is 11.0 Å². The van der Waals surface area contributed by atoms with E-state index in [2.05, 4.69) is 16.5 Å². The lowest BCUT2D eigenvalue weighted by Crippen LogP contribution is -2.22. The number of hydrogen-bond donors (Lipinski definition) is 1. The fourth-order valence-corrected chi connectivity index (χ4v) is 5.10. The molecule has 5 nitrogen and oxygen atoms in total. The van der Waals surface area contributed by atoms with Crippen LogP contribution in [0.25, 0.3) is 0 Å². The zero-order chi connectivity index (χ0) is 18.9. The number of aryl methyl sites for hydroxylation is 2. The fraction of sp³-hybridized carbons (Fsp3) is 0.350. The molecule has 0 spiro atoms. The van der Waals surface area contributed by atoms with E-state index in [1.807, 2.05) is 26.0 Å². The van der Waals surface area contributed by atoms with E-state index in [0.29, 0.717) is 5.69 Å². The average molecular weight is 369 g/mol. The van der Waals surface area contributed by atoms with E-state index in [4.69, 9.17) is 0 Å². The second-order valence-corrected chi connectivity index (χ2v) is 8.42. The molecule has 0 amide bonds. The summed E-state index contributed by atoms with van der Waals surface area (Å²) in [5, 5.41) is 9.23. The summed E-state index contributed by atoms with van der Waals surface area (Å²) in [5.74, 6) is 0. The Bertz CT molecular complexity index is 985. The molecule has 1 aliphatic heterocycles. The second-order valence-electron chi connectivity index (χ2n) is 6.77. The molecule has 1 heterocycles. The van der Waals surface area contributed by atoms with Crippen LogP contribution in [0.5, 0.6) is 0 Å². The molecule has 0 aliphatic carbocycles. The molecule has 136 valence electrons. The summed E-state index contributed by atoms with van der Waals surface area (Å²) in [7, 11) is -3.85. The predicted octanol–water partition coefficient (Wildman–Crippen LogP) is 3.88. The van der Waals surface area contributed by atoms with Crippen molar-refractivity contribution in [1.29, 1.82) is 5.26 Å². The van der Waals surface area contributed by atoms with Crippen LogP contribution in [0, 0.1) is 32.1 Å². The molecule has 3 rings (SSSR count). The van der Waals surface area contributed by atoms with Crippen molar-refractivity contribution in [2.24, 2.45) is 0 Å². The molecule has 0 aromatic heterocycles. The van der Waals surface area contributed by atoms with Gasteiger partial charge in [0, 0.05) is 18.8 Å². The molecule has 0 atom stereocenters. The first-order valence-corrected chi connectivity index (χ1v) is 10.2. The minimum Gasteiger partial charge on any atom is -0.371 e. The minimum absolute atomic E-state index is 0.00426. The summed E-state index contributed by atoms with van der Waals surface area (Å²) in [4.78, 5) is 2.33. The van der Waals surface area contributed by atoms with Gasteiger partial charge < -0.3 is 4.90 Å². The lowest BCUT2D eigenvalue weighted by Gasteiger charge is -2.26. The second kappa shape index (κ2) is 7.00. The van der Waals surface area contributed by atoms with Gasteiger partial charge in [-0.15, -0.1) is 0 Å². The molecule has 2 aromatic carbocycles. The van der Waals surface area contributed by atoms with Gasteiger partial charge in [-0.3, -0.25) is 4.72 Å². The van der Waals surface area contributed by atoms with Crippen molar-refractivity contribution in [3.8, 4) is 6.07 Å². The third-order valence-electron chi connectivity index (χ3n) is 4.89. The first kappa shape index (κ1) is 18.3. The van der Waals surface area contributed by atoms with E-state index in [9.17, 15) is 13.7 Å². The van der Waals surface area contributed by atoms with Crippen molar-refractivity contribution >= 4 is 21.4 Å². The van der Waals surface area contributed by atoms with Crippen molar-refractivity contribution < 1.29 is 8.42 Å². The number of nitrogens with one attached hydrogen (secondary N) is 1. The van der Waals surface area contributed by atoms with Crippen LogP contribution >= 0.6 is 0 Å². The number of hydrogen-bond acceptors (Lipinski definition) is 4. The van der Waals surface area contributed by atoms with Crippen LogP contribution < -0.4 is 9.62 Å². The number of sulfonamides is 1. The predicted molar refractivity (Wildman–Crippen MR) is 104 cm³/mol. The summed E-state index contributed by atoms with van der Waals surface area (Å²) in [6, 6.07) is 10.2. The minimum atomic E-state index is -3.85. The zero-order valence-corrected chi connectivity index (χ0v) is 16.2. The number of nitrogens with zero attached hydrogens (tertiary/aromatic N) is 2. The van der Waals surface area contributed by atoms with Crippen LogP contribution in [0.3, 0.4) is 0 Å². The van der Waals surface area contributed by atoms with Gasteiger partial charge in [0.2, 0.25) is 0 Å². The van der Waals surface area contributed by atoms with E-state index in [0.717, 1.165) is 48.3 Å². The van der Waals surface area contributed by atoms with E-state index in [1.54, 1.807) is 12.1 Å². The lowest BCUT2D eigenvalue weighted by atomic mass is 10.0. The molecule has 0 unspecified atom stereocenters. The summed E-state index contributed by atoms with van der Waals surface area (Å²) >= 11 is 0. The first-order chi connectivity index (χ1) is 12.3. The maximum atomic E-state index is 12.9. The zero-order valence-electron chi connectivity index (χ0n) is 15.3. The highest BCUT2D eigenvalue weighted by atomic mass is 32.2. The number of anilines is 2. The van der Waals surface area contributed by atoms with Crippen LogP contribution in [-0.4, -0.2) is 21.5 Å². The first-order valence-electron chi connectivity index (χ1n) is 8.73. The molecular formula is C20H23N3O2S. The molecular weight excluding hydrogens is 346 g/mol. The summed E-state index contributed by atoms with van der Waals surface area (Å²) < 4.78 is 28.6. The Morgan fingerprint density at radius 2 is 1.73 bits per heavy atom. The Balaban J connectivity index is 2.07. The molecule has 26 heavy (non-hydrogen) atoms. The van der Waals surface area contributed by atoms with Crippen LogP contribution in [0.1, 0.15) is 35.1 Å². The van der Waals surface area contributed by atoms with Crippen molar-refractivity contribution in [2.45, 2.75) is 38.5 Å². The summed E-state index contributed by atoms with van der Waals surface area (Å²) in [6.45, 7) is 7.92. The Hall–Kier alpha value is -2.52. The van der Waals surface area contributed by atoms with Gasteiger partial charge in [0.25, 0.3) is 10.0 Å². The topological polar surface area (TPSA) is 73.2 Å². The van der Waals surface area contributed by atoms with Gasteiger partial charge >= 0.3 is 0 Å². The molecule has 1 N–H and O–H groups in total. The maximum absolute atomic E-state index is 12.9. The molecule has 1 aliphatic rings. The van der Waals surface area contributed by atoms with E-state index in [1.165, 1.54) is 12.1 Å². The Labute approximate surface area is 155 Å². The highest BCUT2D eigenvalue weighted by Gasteiger charge is 2.24. The summed E-state index contributed by atoms with van der Waals surface area (Å²) in [5.41, 5.74) is 4.82. The molecule has 0 saturated carbocycles. The van der Waals surface area contributed by atoms with E-state index >= 15 is 0 Å². The number of benzene rings is 2. The molecule has 0 bridgehead atoms. The van der Waals surface area contributed by atoms with Crippen molar-refractivity contribution in [3.05, 3.63) is 52.6 Å². The van der Waals surface area contributed by atoms with Gasteiger partial charge in [-0.05, 0) is 62.4 Å². The smallest absolute Gasteiger partial charge is 0.263 e. The van der Waals surface area contributed by atoms with Gasteiger partial charge in [0.15, 0.2) is 0 Å².